The molecular weight excluding hydrogens is 264 g/mol. The smallest absolute Gasteiger partial charge is 0.219 e. The highest BCUT2D eigenvalue weighted by Gasteiger charge is 2.07. The van der Waals surface area contributed by atoms with E-state index < -0.39 is 6.10 Å². The molecule has 0 spiro atoms. The van der Waals surface area contributed by atoms with Gasteiger partial charge in [0.05, 0.1) is 6.10 Å². The van der Waals surface area contributed by atoms with E-state index in [0.29, 0.717) is 11.6 Å². The van der Waals surface area contributed by atoms with Gasteiger partial charge in [-0.1, -0.05) is 18.2 Å². The van der Waals surface area contributed by atoms with Crippen LogP contribution >= 0.6 is 0 Å². The van der Waals surface area contributed by atoms with Crippen molar-refractivity contribution < 1.29 is 9.84 Å². The van der Waals surface area contributed by atoms with Gasteiger partial charge >= 0.3 is 0 Å². The van der Waals surface area contributed by atoms with E-state index in [1.807, 2.05) is 37.3 Å². The molecule has 1 atom stereocenters. The minimum Gasteiger partial charge on any atom is -0.437 e. The highest BCUT2D eigenvalue weighted by atomic mass is 16.5. The largest absolute Gasteiger partial charge is 0.437 e. The number of aliphatic hydroxyl groups is 1. The fourth-order valence-corrected chi connectivity index (χ4v) is 2.11. The Kier molecular flexibility index (Phi) is 3.54. The maximum absolute atomic E-state index is 9.49. The van der Waals surface area contributed by atoms with Crippen LogP contribution in [0.15, 0.2) is 48.7 Å². The number of aromatic nitrogens is 2. The molecule has 1 aromatic carbocycles. The normalized spacial score (nSPS) is 12.3. The number of fused-ring (bicyclic) bond motifs is 1. The van der Waals surface area contributed by atoms with Crippen LogP contribution < -0.4 is 4.74 Å². The molecule has 0 aliphatic carbocycles. The third-order valence-electron chi connectivity index (χ3n) is 3.28. The van der Waals surface area contributed by atoms with Gasteiger partial charge in [-0.15, -0.1) is 0 Å². The molecule has 0 bridgehead atoms. The van der Waals surface area contributed by atoms with E-state index >= 15 is 0 Å². The van der Waals surface area contributed by atoms with E-state index in [-0.39, 0.29) is 0 Å². The molecule has 0 unspecified atom stereocenters. The Balaban J connectivity index is 1.96. The molecule has 4 nitrogen and oxygen atoms in total. The summed E-state index contributed by atoms with van der Waals surface area (Å²) in [5, 5.41) is 10.5. The molecule has 2 aromatic heterocycles. The summed E-state index contributed by atoms with van der Waals surface area (Å²) in [7, 11) is 0. The highest BCUT2D eigenvalue weighted by molar-refractivity contribution is 5.84. The summed E-state index contributed by atoms with van der Waals surface area (Å²) in [5.74, 6) is 1.16. The van der Waals surface area contributed by atoms with E-state index in [1.165, 1.54) is 0 Å². The third kappa shape index (κ3) is 2.85. The first kappa shape index (κ1) is 13.5. The first-order chi connectivity index (χ1) is 10.1. The van der Waals surface area contributed by atoms with Gasteiger partial charge in [-0.25, -0.2) is 9.97 Å². The summed E-state index contributed by atoms with van der Waals surface area (Å²) >= 11 is 0. The minimum absolute atomic E-state index is 0.482. The Bertz CT molecular complexity index is 767. The Morgan fingerprint density at radius 3 is 2.67 bits per heavy atom. The van der Waals surface area contributed by atoms with Crippen molar-refractivity contribution in [2.75, 3.05) is 0 Å². The van der Waals surface area contributed by atoms with Crippen LogP contribution in [0.5, 0.6) is 11.6 Å². The number of hydrogen-bond acceptors (Lipinski definition) is 4. The molecule has 4 heteroatoms. The molecule has 0 radical (unpaired) electrons. The summed E-state index contributed by atoms with van der Waals surface area (Å²) in [6.45, 7) is 3.65. The van der Waals surface area contributed by atoms with Gasteiger partial charge in [0, 0.05) is 23.3 Å². The van der Waals surface area contributed by atoms with Crippen LogP contribution in [0, 0.1) is 6.92 Å². The molecule has 0 saturated carbocycles. The van der Waals surface area contributed by atoms with E-state index in [9.17, 15) is 5.11 Å². The summed E-state index contributed by atoms with van der Waals surface area (Å²) < 4.78 is 5.83. The average molecular weight is 280 g/mol. The first-order valence-corrected chi connectivity index (χ1v) is 6.82. The molecule has 3 aromatic rings. The van der Waals surface area contributed by atoms with Crippen molar-refractivity contribution in [3.63, 3.8) is 0 Å². The van der Waals surface area contributed by atoms with E-state index in [0.717, 1.165) is 22.2 Å². The number of nitrogens with zero attached hydrogens (tertiary/aromatic N) is 2. The maximum Gasteiger partial charge on any atom is 0.219 e. The molecule has 106 valence electrons. The highest BCUT2D eigenvalue weighted by Crippen LogP contribution is 2.28. The van der Waals surface area contributed by atoms with Crippen LogP contribution in [0.2, 0.25) is 0 Å². The van der Waals surface area contributed by atoms with Gasteiger partial charge in [0.25, 0.3) is 0 Å². The molecule has 3 rings (SSSR count). The summed E-state index contributed by atoms with van der Waals surface area (Å²) in [4.78, 5) is 8.74. The van der Waals surface area contributed by atoms with Gasteiger partial charge in [-0.2, -0.15) is 0 Å². The van der Waals surface area contributed by atoms with Crippen molar-refractivity contribution in [1.82, 2.24) is 9.97 Å². The zero-order chi connectivity index (χ0) is 14.8. The fraction of sp³-hybridized carbons (Fsp3) is 0.176. The standard InChI is InChI=1S/C17H16N2O2/c1-11-6-7-13-4-3-5-15(17(13)19-11)21-16-9-8-14(10-18-16)12(2)20/h3-10,12,20H,1-2H3/t12-/m0/s1. The van der Waals surface area contributed by atoms with E-state index in [1.54, 1.807) is 25.3 Å². The van der Waals surface area contributed by atoms with Crippen molar-refractivity contribution in [2.45, 2.75) is 20.0 Å². The van der Waals surface area contributed by atoms with Crippen molar-refractivity contribution in [3.8, 4) is 11.6 Å². The third-order valence-corrected chi connectivity index (χ3v) is 3.28. The van der Waals surface area contributed by atoms with Gasteiger partial charge < -0.3 is 9.84 Å². The Labute approximate surface area is 123 Å². The summed E-state index contributed by atoms with van der Waals surface area (Å²) in [6, 6.07) is 13.3. The number of pyridine rings is 2. The van der Waals surface area contributed by atoms with Crippen molar-refractivity contribution in [2.24, 2.45) is 0 Å². The zero-order valence-corrected chi connectivity index (χ0v) is 11.9. The van der Waals surface area contributed by atoms with Crippen molar-refractivity contribution in [1.29, 1.82) is 0 Å². The Morgan fingerprint density at radius 2 is 1.95 bits per heavy atom. The molecule has 21 heavy (non-hydrogen) atoms. The summed E-state index contributed by atoms with van der Waals surface area (Å²) in [5.41, 5.74) is 2.52. The van der Waals surface area contributed by atoms with E-state index in [4.69, 9.17) is 4.74 Å². The fourth-order valence-electron chi connectivity index (χ4n) is 2.11. The van der Waals surface area contributed by atoms with Gasteiger partial charge in [-0.3, -0.25) is 0 Å². The molecular formula is C17H16N2O2. The maximum atomic E-state index is 9.49. The minimum atomic E-state index is -0.534. The quantitative estimate of drug-likeness (QED) is 0.793. The zero-order valence-electron chi connectivity index (χ0n) is 11.9. The number of benzene rings is 1. The summed E-state index contributed by atoms with van der Waals surface area (Å²) in [6.07, 6.45) is 1.08. The van der Waals surface area contributed by atoms with Crippen molar-refractivity contribution >= 4 is 10.9 Å². The number of ether oxygens (including phenoxy) is 1. The lowest BCUT2D eigenvalue weighted by Gasteiger charge is -2.09. The number of aliphatic hydroxyl groups excluding tert-OH is 1. The number of rotatable bonds is 3. The van der Waals surface area contributed by atoms with Gasteiger partial charge in [-0.05, 0) is 37.6 Å². The van der Waals surface area contributed by atoms with Gasteiger partial charge in [0.15, 0.2) is 5.75 Å². The molecule has 0 fully saturated rings. The van der Waals surface area contributed by atoms with Crippen LogP contribution in [0.25, 0.3) is 10.9 Å². The van der Waals surface area contributed by atoms with Crippen LogP contribution in [0.4, 0.5) is 0 Å². The van der Waals surface area contributed by atoms with Gasteiger partial charge in [0.1, 0.15) is 5.52 Å². The number of hydrogen-bond donors (Lipinski definition) is 1. The number of para-hydroxylation sites is 1. The molecule has 0 amide bonds. The average Bonchev–Trinajstić information content (AvgIpc) is 2.48. The molecule has 0 saturated heterocycles. The lowest BCUT2D eigenvalue weighted by molar-refractivity contribution is 0.198. The predicted octanol–water partition coefficient (Wildman–Crippen LogP) is 3.78. The van der Waals surface area contributed by atoms with Crippen molar-refractivity contribution in [3.05, 3.63) is 59.9 Å². The second-order valence-corrected chi connectivity index (χ2v) is 4.99. The lowest BCUT2D eigenvalue weighted by Crippen LogP contribution is -1.95. The Morgan fingerprint density at radius 1 is 1.10 bits per heavy atom. The topological polar surface area (TPSA) is 55.2 Å². The molecule has 0 aliphatic heterocycles. The molecule has 2 heterocycles. The van der Waals surface area contributed by atoms with Crippen LogP contribution in [-0.2, 0) is 0 Å². The van der Waals surface area contributed by atoms with Crippen LogP contribution in [0.1, 0.15) is 24.3 Å². The van der Waals surface area contributed by atoms with E-state index in [2.05, 4.69) is 9.97 Å². The predicted molar refractivity (Wildman–Crippen MR) is 81.4 cm³/mol. The van der Waals surface area contributed by atoms with Crippen LogP contribution in [0.3, 0.4) is 0 Å². The first-order valence-electron chi connectivity index (χ1n) is 6.82. The van der Waals surface area contributed by atoms with Gasteiger partial charge in [0.2, 0.25) is 5.88 Å². The second-order valence-electron chi connectivity index (χ2n) is 4.99. The molecule has 0 aliphatic rings. The SMILES string of the molecule is Cc1ccc2cccc(Oc3ccc([C@H](C)O)cn3)c2n1. The monoisotopic (exact) mass is 280 g/mol. The second kappa shape index (κ2) is 5.50. The van der Waals surface area contributed by atoms with Crippen LogP contribution in [-0.4, -0.2) is 15.1 Å². The lowest BCUT2D eigenvalue weighted by atomic mass is 10.2. The number of aryl methyl sites for hydroxylation is 1. The Hall–Kier alpha value is -2.46. The molecule has 1 N–H and O–H groups in total.